The highest BCUT2D eigenvalue weighted by molar-refractivity contribution is 6.30. The molecule has 0 bridgehead atoms. The maximum atomic E-state index is 13.1. The van der Waals surface area contributed by atoms with E-state index in [0.717, 1.165) is 17.8 Å². The van der Waals surface area contributed by atoms with Gasteiger partial charge in [-0.3, -0.25) is 4.79 Å². The monoisotopic (exact) mass is 464 g/mol. The number of halogens is 1. The van der Waals surface area contributed by atoms with Crippen LogP contribution in [0.15, 0.2) is 78.6 Å². The molecule has 3 N–H and O–H groups in total. The van der Waals surface area contributed by atoms with Gasteiger partial charge in [0.1, 0.15) is 6.04 Å². The van der Waals surface area contributed by atoms with Crippen LogP contribution in [0.4, 0.5) is 10.5 Å². The van der Waals surface area contributed by atoms with Gasteiger partial charge >= 0.3 is 6.03 Å². The van der Waals surface area contributed by atoms with E-state index in [4.69, 9.17) is 11.6 Å². The van der Waals surface area contributed by atoms with Crippen molar-refractivity contribution < 1.29 is 9.59 Å². The third-order valence-electron chi connectivity index (χ3n) is 6.04. The van der Waals surface area contributed by atoms with Gasteiger partial charge in [-0.1, -0.05) is 54.8 Å². The van der Waals surface area contributed by atoms with Crippen LogP contribution in [-0.2, 0) is 11.2 Å². The Morgan fingerprint density at radius 2 is 1.73 bits per heavy atom. The summed E-state index contributed by atoms with van der Waals surface area (Å²) in [5, 5.41) is 9.13. The molecule has 2 aliphatic rings. The fourth-order valence-corrected chi connectivity index (χ4v) is 4.38. The molecule has 4 rings (SSSR count). The SMILES string of the molecule is O=C(Nc1ccc(Cl)cc1)N[C@H](Cc1ccccc1)C(=O)NC1=CCN(C2CCCC2)C=C1. The summed E-state index contributed by atoms with van der Waals surface area (Å²) in [5.41, 5.74) is 2.32. The van der Waals surface area contributed by atoms with E-state index in [1.54, 1.807) is 24.3 Å². The Kier molecular flexibility index (Phi) is 7.68. The molecule has 2 aromatic rings. The lowest BCUT2D eigenvalue weighted by Gasteiger charge is -2.29. The highest BCUT2D eigenvalue weighted by Crippen LogP contribution is 2.25. The third kappa shape index (κ3) is 6.62. The van der Waals surface area contributed by atoms with Gasteiger partial charge in [-0.25, -0.2) is 4.79 Å². The standard InChI is InChI=1S/C26H29ClN4O2/c27-20-10-12-21(13-11-20)29-26(33)30-24(18-19-6-2-1-3-7-19)25(32)28-22-14-16-31(17-15-22)23-8-4-5-9-23/h1-3,6-7,10-16,23-24H,4-5,8-9,17-18H2,(H,28,32)(H2,29,30,33)/t24-/m1/s1. The van der Waals surface area contributed by atoms with E-state index in [1.165, 1.54) is 25.7 Å². The zero-order valence-corrected chi connectivity index (χ0v) is 19.2. The molecule has 1 atom stereocenters. The van der Waals surface area contributed by atoms with Crippen molar-refractivity contribution in [3.05, 3.63) is 89.2 Å². The Balaban J connectivity index is 1.39. The van der Waals surface area contributed by atoms with E-state index < -0.39 is 12.1 Å². The van der Waals surface area contributed by atoms with Crippen LogP contribution in [0.3, 0.4) is 0 Å². The minimum atomic E-state index is -0.734. The first-order chi connectivity index (χ1) is 16.1. The predicted molar refractivity (Wildman–Crippen MR) is 132 cm³/mol. The number of nitrogens with one attached hydrogen (secondary N) is 3. The molecular weight excluding hydrogens is 436 g/mol. The second-order valence-corrected chi connectivity index (χ2v) is 8.88. The van der Waals surface area contributed by atoms with Crippen LogP contribution in [-0.4, -0.2) is 35.5 Å². The Labute approximate surface area is 199 Å². The van der Waals surface area contributed by atoms with Crippen molar-refractivity contribution in [2.75, 3.05) is 11.9 Å². The topological polar surface area (TPSA) is 73.5 Å². The van der Waals surface area contributed by atoms with Crippen LogP contribution in [0, 0.1) is 0 Å². The van der Waals surface area contributed by atoms with Crippen molar-refractivity contribution >= 4 is 29.2 Å². The molecule has 6 nitrogen and oxygen atoms in total. The van der Waals surface area contributed by atoms with Crippen molar-refractivity contribution in [2.24, 2.45) is 0 Å². The lowest BCUT2D eigenvalue weighted by molar-refractivity contribution is -0.122. The molecular formula is C26H29ClN4O2. The number of anilines is 1. The number of amides is 3. The van der Waals surface area contributed by atoms with Gasteiger partial charge in [0.05, 0.1) is 0 Å². The second-order valence-electron chi connectivity index (χ2n) is 8.45. The second kappa shape index (κ2) is 11.1. The maximum absolute atomic E-state index is 13.1. The molecule has 1 aliphatic heterocycles. The molecule has 0 spiro atoms. The zero-order valence-electron chi connectivity index (χ0n) is 18.5. The molecule has 7 heteroatoms. The molecule has 33 heavy (non-hydrogen) atoms. The summed E-state index contributed by atoms with van der Waals surface area (Å²) >= 11 is 5.91. The summed E-state index contributed by atoms with van der Waals surface area (Å²) in [4.78, 5) is 28.1. The molecule has 1 saturated carbocycles. The van der Waals surface area contributed by atoms with Gasteiger partial charge in [-0.15, -0.1) is 0 Å². The average Bonchev–Trinajstić information content (AvgIpc) is 3.36. The quantitative estimate of drug-likeness (QED) is 0.548. The highest BCUT2D eigenvalue weighted by atomic mass is 35.5. The Hall–Kier alpha value is -3.25. The normalized spacial score (nSPS) is 16.8. The van der Waals surface area contributed by atoms with Crippen LogP contribution in [0.25, 0.3) is 0 Å². The number of hydrogen-bond acceptors (Lipinski definition) is 3. The zero-order chi connectivity index (χ0) is 23.0. The molecule has 1 fully saturated rings. The predicted octanol–water partition coefficient (Wildman–Crippen LogP) is 4.84. The first kappa shape index (κ1) is 22.9. The fraction of sp³-hybridized carbons (Fsp3) is 0.308. The number of hydrogen-bond donors (Lipinski definition) is 3. The van der Waals surface area contributed by atoms with Gasteiger partial charge in [-0.2, -0.15) is 0 Å². The molecule has 0 unspecified atom stereocenters. The van der Waals surface area contributed by atoms with Crippen molar-refractivity contribution in [3.63, 3.8) is 0 Å². The summed E-state index contributed by atoms with van der Waals surface area (Å²) in [5.74, 6) is -0.254. The average molecular weight is 465 g/mol. The van der Waals surface area contributed by atoms with Crippen molar-refractivity contribution in [3.8, 4) is 0 Å². The van der Waals surface area contributed by atoms with Gasteiger partial charge in [0, 0.05) is 41.6 Å². The number of nitrogens with zero attached hydrogens (tertiary/aromatic N) is 1. The largest absolute Gasteiger partial charge is 0.371 e. The van der Waals surface area contributed by atoms with Crippen LogP contribution in [0.2, 0.25) is 5.02 Å². The van der Waals surface area contributed by atoms with Crippen LogP contribution in [0.5, 0.6) is 0 Å². The summed E-state index contributed by atoms with van der Waals surface area (Å²) in [6, 6.07) is 15.9. The van der Waals surface area contributed by atoms with Gasteiger partial charge in [-0.05, 0) is 54.8 Å². The molecule has 2 aromatic carbocycles. The van der Waals surface area contributed by atoms with Crippen LogP contribution >= 0.6 is 11.6 Å². The first-order valence-corrected chi connectivity index (χ1v) is 11.8. The smallest absolute Gasteiger partial charge is 0.319 e. The van der Waals surface area contributed by atoms with E-state index in [0.29, 0.717) is 23.2 Å². The Morgan fingerprint density at radius 1 is 1.00 bits per heavy atom. The molecule has 172 valence electrons. The molecule has 0 radical (unpaired) electrons. The van der Waals surface area contributed by atoms with E-state index >= 15 is 0 Å². The summed E-state index contributed by atoms with van der Waals surface area (Å²) in [7, 11) is 0. The van der Waals surface area contributed by atoms with Crippen molar-refractivity contribution in [1.82, 2.24) is 15.5 Å². The summed E-state index contributed by atoms with van der Waals surface area (Å²) in [6.07, 6.45) is 11.4. The summed E-state index contributed by atoms with van der Waals surface area (Å²) < 4.78 is 0. The number of urea groups is 1. The van der Waals surface area contributed by atoms with Crippen LogP contribution < -0.4 is 16.0 Å². The summed E-state index contributed by atoms with van der Waals surface area (Å²) in [6.45, 7) is 0.782. The minimum absolute atomic E-state index is 0.254. The van der Waals surface area contributed by atoms with E-state index in [9.17, 15) is 9.59 Å². The van der Waals surface area contributed by atoms with Gasteiger partial charge in [0.2, 0.25) is 5.91 Å². The van der Waals surface area contributed by atoms with Gasteiger partial charge in [0.15, 0.2) is 0 Å². The van der Waals surface area contributed by atoms with E-state index in [-0.39, 0.29) is 5.91 Å². The molecule has 0 saturated heterocycles. The first-order valence-electron chi connectivity index (χ1n) is 11.4. The fourth-order valence-electron chi connectivity index (χ4n) is 4.26. The number of benzene rings is 2. The molecule has 1 heterocycles. The number of allylic oxidation sites excluding steroid dienone is 1. The number of carbonyl (C=O) groups excluding carboxylic acids is 2. The third-order valence-corrected chi connectivity index (χ3v) is 6.29. The Bertz CT molecular complexity index is 1010. The lowest BCUT2D eigenvalue weighted by Crippen LogP contribution is -2.49. The van der Waals surface area contributed by atoms with Gasteiger partial charge in [0.25, 0.3) is 0 Å². The number of rotatable bonds is 7. The molecule has 0 aromatic heterocycles. The van der Waals surface area contributed by atoms with Gasteiger partial charge < -0.3 is 20.9 Å². The highest BCUT2D eigenvalue weighted by Gasteiger charge is 2.24. The minimum Gasteiger partial charge on any atom is -0.371 e. The number of carbonyl (C=O) groups is 2. The van der Waals surface area contributed by atoms with Crippen molar-refractivity contribution in [1.29, 1.82) is 0 Å². The van der Waals surface area contributed by atoms with E-state index in [2.05, 4.69) is 27.1 Å². The van der Waals surface area contributed by atoms with E-state index in [1.807, 2.05) is 42.5 Å². The Morgan fingerprint density at radius 3 is 2.39 bits per heavy atom. The lowest BCUT2D eigenvalue weighted by atomic mass is 10.1. The van der Waals surface area contributed by atoms with Crippen LogP contribution in [0.1, 0.15) is 31.2 Å². The maximum Gasteiger partial charge on any atom is 0.319 e. The van der Waals surface area contributed by atoms with Crippen molar-refractivity contribution in [2.45, 2.75) is 44.2 Å². The molecule has 1 aliphatic carbocycles. The molecule has 3 amide bonds.